The van der Waals surface area contributed by atoms with E-state index in [-0.39, 0.29) is 0 Å². The average molecular weight is 362 g/mol. The van der Waals surface area contributed by atoms with Crippen LogP contribution < -0.4 is 0 Å². The van der Waals surface area contributed by atoms with E-state index in [0.29, 0.717) is 11.5 Å². The van der Waals surface area contributed by atoms with Gasteiger partial charge in [0, 0.05) is 16.1 Å². The summed E-state index contributed by atoms with van der Waals surface area (Å²) in [7, 11) is 0. The minimum absolute atomic E-state index is 0.585. The fourth-order valence-corrected chi connectivity index (χ4v) is 3.07. The number of aryl methyl sites for hydroxylation is 1. The van der Waals surface area contributed by atoms with Gasteiger partial charge in [-0.25, -0.2) is 0 Å². The van der Waals surface area contributed by atoms with Crippen LogP contribution in [0.5, 0.6) is 0 Å². The molecule has 0 amide bonds. The summed E-state index contributed by atoms with van der Waals surface area (Å²) in [6, 6.07) is 9.81. The summed E-state index contributed by atoms with van der Waals surface area (Å²) in [6.07, 6.45) is 0. The molecule has 0 N–H and O–H groups in total. The first-order valence-electron chi connectivity index (χ1n) is 6.12. The molecule has 0 spiro atoms. The first kappa shape index (κ1) is 12.7. The number of hydrogen-bond acceptors (Lipinski definition) is 6. The standard InChI is InChI=1S/C13H8BrN5OS/c1-7-6-10(18-20-7)11-15-16-13-19(11)17-12(21-13)8-2-4-9(14)5-3-8/h2-6H,1H3. The van der Waals surface area contributed by atoms with Gasteiger partial charge < -0.3 is 4.52 Å². The molecule has 3 heterocycles. The van der Waals surface area contributed by atoms with Crippen LogP contribution in [-0.2, 0) is 0 Å². The normalized spacial score (nSPS) is 11.3. The van der Waals surface area contributed by atoms with Gasteiger partial charge in [-0.05, 0) is 19.1 Å². The van der Waals surface area contributed by atoms with Crippen LogP contribution in [0.2, 0.25) is 0 Å². The fraction of sp³-hybridized carbons (Fsp3) is 0.0769. The number of nitrogens with zero attached hydrogens (tertiary/aromatic N) is 5. The lowest BCUT2D eigenvalue weighted by molar-refractivity contribution is 0.399. The van der Waals surface area contributed by atoms with Crippen molar-refractivity contribution in [3.8, 4) is 22.1 Å². The predicted octanol–water partition coefficient (Wildman–Crippen LogP) is 3.58. The van der Waals surface area contributed by atoms with Crippen molar-refractivity contribution in [1.82, 2.24) is 25.0 Å². The lowest BCUT2D eigenvalue weighted by Gasteiger charge is -1.95. The van der Waals surface area contributed by atoms with Crippen molar-refractivity contribution < 1.29 is 4.52 Å². The Kier molecular flexibility index (Phi) is 2.86. The van der Waals surface area contributed by atoms with Crippen LogP contribution in [0, 0.1) is 6.92 Å². The molecule has 0 fully saturated rings. The smallest absolute Gasteiger partial charge is 0.235 e. The van der Waals surface area contributed by atoms with E-state index in [1.807, 2.05) is 37.3 Å². The highest BCUT2D eigenvalue weighted by atomic mass is 79.9. The molecule has 0 aliphatic rings. The fourth-order valence-electron chi connectivity index (χ4n) is 1.96. The molecule has 4 rings (SSSR count). The molecule has 0 aliphatic carbocycles. The molecule has 104 valence electrons. The van der Waals surface area contributed by atoms with Crippen molar-refractivity contribution in [1.29, 1.82) is 0 Å². The first-order valence-corrected chi connectivity index (χ1v) is 7.73. The molecular weight excluding hydrogens is 354 g/mol. The molecule has 4 aromatic rings. The van der Waals surface area contributed by atoms with E-state index in [2.05, 4.69) is 36.4 Å². The van der Waals surface area contributed by atoms with E-state index in [4.69, 9.17) is 4.52 Å². The van der Waals surface area contributed by atoms with Gasteiger partial charge in [0.15, 0.2) is 5.69 Å². The second-order valence-corrected chi connectivity index (χ2v) is 6.33. The lowest BCUT2D eigenvalue weighted by Crippen LogP contribution is -1.90. The number of aromatic nitrogens is 5. The van der Waals surface area contributed by atoms with Gasteiger partial charge in [-0.2, -0.15) is 9.61 Å². The summed E-state index contributed by atoms with van der Waals surface area (Å²) < 4.78 is 7.81. The highest BCUT2D eigenvalue weighted by Crippen LogP contribution is 2.28. The third-order valence-electron chi connectivity index (χ3n) is 2.94. The maximum atomic E-state index is 5.08. The van der Waals surface area contributed by atoms with Crippen molar-refractivity contribution >= 4 is 32.2 Å². The van der Waals surface area contributed by atoms with Gasteiger partial charge >= 0.3 is 0 Å². The van der Waals surface area contributed by atoms with Gasteiger partial charge in [0.1, 0.15) is 10.8 Å². The first-order chi connectivity index (χ1) is 10.2. The molecule has 0 saturated heterocycles. The summed E-state index contributed by atoms with van der Waals surface area (Å²) in [5.74, 6) is 1.31. The Morgan fingerprint density at radius 1 is 1.19 bits per heavy atom. The Hall–Kier alpha value is -2.06. The molecule has 8 heteroatoms. The van der Waals surface area contributed by atoms with Gasteiger partial charge in [0.05, 0.1) is 0 Å². The maximum Gasteiger partial charge on any atom is 0.235 e. The molecule has 3 aromatic heterocycles. The quantitative estimate of drug-likeness (QED) is 0.545. The van der Waals surface area contributed by atoms with Crippen LogP contribution in [0.4, 0.5) is 0 Å². The highest BCUT2D eigenvalue weighted by Gasteiger charge is 2.16. The lowest BCUT2D eigenvalue weighted by atomic mass is 10.2. The number of benzene rings is 1. The molecule has 0 radical (unpaired) electrons. The summed E-state index contributed by atoms with van der Waals surface area (Å²) >= 11 is 4.91. The predicted molar refractivity (Wildman–Crippen MR) is 82.0 cm³/mol. The highest BCUT2D eigenvalue weighted by molar-refractivity contribution is 9.10. The van der Waals surface area contributed by atoms with Crippen LogP contribution in [0.15, 0.2) is 39.3 Å². The maximum absolute atomic E-state index is 5.08. The SMILES string of the molecule is Cc1cc(-c2nnc3sc(-c4ccc(Br)cc4)nn23)no1. The summed E-state index contributed by atoms with van der Waals surface area (Å²) in [4.78, 5) is 0.726. The molecule has 6 nitrogen and oxygen atoms in total. The van der Waals surface area contributed by atoms with E-state index >= 15 is 0 Å². The van der Waals surface area contributed by atoms with Gasteiger partial charge in [0.2, 0.25) is 10.8 Å². The molecule has 0 unspecified atom stereocenters. The topological polar surface area (TPSA) is 69.1 Å². The van der Waals surface area contributed by atoms with Crippen LogP contribution in [0.1, 0.15) is 5.76 Å². The van der Waals surface area contributed by atoms with Crippen LogP contribution in [0.3, 0.4) is 0 Å². The molecule has 0 saturated carbocycles. The van der Waals surface area contributed by atoms with Crippen molar-refractivity contribution in [2.75, 3.05) is 0 Å². The Bertz CT molecular complexity index is 924. The summed E-state index contributed by atoms with van der Waals surface area (Å²) in [5.41, 5.74) is 1.67. The van der Waals surface area contributed by atoms with E-state index in [9.17, 15) is 0 Å². The second-order valence-electron chi connectivity index (χ2n) is 4.45. The van der Waals surface area contributed by atoms with Crippen LogP contribution in [-0.4, -0.2) is 25.0 Å². The Morgan fingerprint density at radius 3 is 2.71 bits per heavy atom. The van der Waals surface area contributed by atoms with Gasteiger partial charge in [-0.1, -0.05) is 44.6 Å². The zero-order chi connectivity index (χ0) is 14.4. The minimum atomic E-state index is 0.585. The number of rotatable bonds is 2. The van der Waals surface area contributed by atoms with E-state index in [1.54, 1.807) is 4.52 Å². The molecule has 1 aromatic carbocycles. The van der Waals surface area contributed by atoms with Gasteiger partial charge in [-0.15, -0.1) is 10.2 Å². The molecule has 0 aliphatic heterocycles. The number of halogens is 1. The van der Waals surface area contributed by atoms with Crippen LogP contribution in [0.25, 0.3) is 27.1 Å². The van der Waals surface area contributed by atoms with Crippen molar-refractivity contribution in [2.24, 2.45) is 0 Å². The Balaban J connectivity index is 1.84. The van der Waals surface area contributed by atoms with Gasteiger partial charge in [0.25, 0.3) is 0 Å². The van der Waals surface area contributed by atoms with Gasteiger partial charge in [-0.3, -0.25) is 0 Å². The second kappa shape index (κ2) is 4.74. The molecular formula is C13H8BrN5OS. The van der Waals surface area contributed by atoms with E-state index < -0.39 is 0 Å². The van der Waals surface area contributed by atoms with Crippen molar-refractivity contribution in [3.63, 3.8) is 0 Å². The van der Waals surface area contributed by atoms with Crippen molar-refractivity contribution in [3.05, 3.63) is 40.6 Å². The Morgan fingerprint density at radius 2 is 2.00 bits per heavy atom. The largest absolute Gasteiger partial charge is 0.361 e. The Labute approximate surface area is 131 Å². The van der Waals surface area contributed by atoms with E-state index in [0.717, 1.165) is 25.8 Å². The average Bonchev–Trinajstić information content (AvgIpc) is 3.14. The minimum Gasteiger partial charge on any atom is -0.361 e. The summed E-state index contributed by atoms with van der Waals surface area (Å²) in [5, 5.41) is 17.7. The monoisotopic (exact) mass is 361 g/mol. The molecule has 21 heavy (non-hydrogen) atoms. The van der Waals surface area contributed by atoms with Crippen molar-refractivity contribution in [2.45, 2.75) is 6.92 Å². The zero-order valence-corrected chi connectivity index (χ0v) is 13.2. The third kappa shape index (κ3) is 2.16. The van der Waals surface area contributed by atoms with E-state index in [1.165, 1.54) is 11.3 Å². The summed E-state index contributed by atoms with van der Waals surface area (Å²) in [6.45, 7) is 1.84. The van der Waals surface area contributed by atoms with Crippen LogP contribution >= 0.6 is 27.3 Å². The number of hydrogen-bond donors (Lipinski definition) is 0. The molecule has 0 atom stereocenters. The zero-order valence-electron chi connectivity index (χ0n) is 10.8. The third-order valence-corrected chi connectivity index (χ3v) is 4.42. The molecule has 0 bridgehead atoms. The number of fused-ring (bicyclic) bond motifs is 1.